The number of esters is 1. The molecule has 3 saturated heterocycles. The van der Waals surface area contributed by atoms with Gasteiger partial charge in [0.2, 0.25) is 17.7 Å². The molecule has 4 aliphatic rings. The number of nitrogens with zero attached hydrogens (tertiary/aromatic N) is 2. The second kappa shape index (κ2) is 6.88. The lowest BCUT2D eigenvalue weighted by Gasteiger charge is -2.36. The summed E-state index contributed by atoms with van der Waals surface area (Å²) in [5.41, 5.74) is 0.415. The van der Waals surface area contributed by atoms with Crippen LogP contribution in [0.5, 0.6) is 5.75 Å². The highest BCUT2D eigenvalue weighted by Crippen LogP contribution is 2.60. The molecule has 4 heterocycles. The first-order valence-electron chi connectivity index (χ1n) is 10.9. The fraction of sp³-hybridized carbons (Fsp3) is 0.333. The second-order valence-electron chi connectivity index (χ2n) is 8.92. The van der Waals surface area contributed by atoms with Crippen LogP contribution in [0.2, 0.25) is 5.02 Å². The van der Waals surface area contributed by atoms with Gasteiger partial charge in [0.1, 0.15) is 11.3 Å². The van der Waals surface area contributed by atoms with Gasteiger partial charge in [0, 0.05) is 29.2 Å². The Morgan fingerprint density at radius 2 is 1.88 bits per heavy atom. The second-order valence-corrected chi connectivity index (χ2v) is 9.35. The van der Waals surface area contributed by atoms with E-state index in [0.717, 1.165) is 12.8 Å². The van der Waals surface area contributed by atoms with Gasteiger partial charge >= 0.3 is 5.97 Å². The minimum Gasteiger partial charge on any atom is -0.427 e. The third kappa shape index (κ3) is 2.56. The summed E-state index contributed by atoms with van der Waals surface area (Å²) < 4.78 is 5.06. The van der Waals surface area contributed by atoms with E-state index in [4.69, 9.17) is 16.3 Å². The number of hydrogen-bond acceptors (Lipinski definition) is 6. The zero-order valence-corrected chi connectivity index (χ0v) is 18.5. The summed E-state index contributed by atoms with van der Waals surface area (Å²) in [7, 11) is 0. The van der Waals surface area contributed by atoms with Crippen LogP contribution in [0.4, 0.5) is 11.4 Å². The number of amides is 3. The number of benzene rings is 2. The summed E-state index contributed by atoms with van der Waals surface area (Å²) in [5, 5.41) is 3.40. The maximum absolute atomic E-state index is 13.9. The molecule has 2 aromatic rings. The Morgan fingerprint density at radius 1 is 1.12 bits per heavy atom. The van der Waals surface area contributed by atoms with E-state index in [1.165, 1.54) is 11.8 Å². The van der Waals surface area contributed by atoms with E-state index in [-0.39, 0.29) is 17.9 Å². The molecular formula is C24H20ClN3O5. The first-order chi connectivity index (χ1) is 15.8. The summed E-state index contributed by atoms with van der Waals surface area (Å²) in [6, 6.07) is 11.2. The lowest BCUT2D eigenvalue weighted by Crippen LogP contribution is -2.54. The number of anilines is 2. The zero-order valence-electron chi connectivity index (χ0n) is 17.7. The molecule has 0 unspecified atom stereocenters. The van der Waals surface area contributed by atoms with Crippen LogP contribution < -0.4 is 15.0 Å². The summed E-state index contributed by atoms with van der Waals surface area (Å²) >= 11 is 6.30. The topological polar surface area (TPSA) is 96.0 Å². The van der Waals surface area contributed by atoms with Crippen molar-refractivity contribution in [3.05, 3.63) is 53.1 Å². The SMILES string of the molecule is CC(=O)Oc1ccc(N2C(=O)[C@H]3[C@@H](C2=O)[C@]2(C(=O)Nc4ccc(Cl)cc42)N2CCC[C@@H]32)cc1. The third-order valence-electron chi connectivity index (χ3n) is 7.31. The molecule has 0 bridgehead atoms. The highest BCUT2D eigenvalue weighted by Gasteiger charge is 2.74. The molecule has 0 saturated carbocycles. The average Bonchev–Trinajstić information content (AvgIpc) is 3.47. The lowest BCUT2D eigenvalue weighted by molar-refractivity contribution is -0.135. The molecule has 4 aliphatic heterocycles. The number of ether oxygens (including phenoxy) is 1. The maximum atomic E-state index is 13.9. The molecule has 168 valence electrons. The summed E-state index contributed by atoms with van der Waals surface area (Å²) in [6.45, 7) is 1.93. The van der Waals surface area contributed by atoms with Gasteiger partial charge in [-0.1, -0.05) is 11.6 Å². The third-order valence-corrected chi connectivity index (χ3v) is 7.55. The molecule has 4 atom stereocenters. The lowest BCUT2D eigenvalue weighted by atomic mass is 9.75. The minimum atomic E-state index is -1.26. The molecule has 2 aromatic carbocycles. The van der Waals surface area contributed by atoms with Crippen molar-refractivity contribution in [3.63, 3.8) is 0 Å². The Hall–Kier alpha value is -3.23. The number of carbonyl (C=O) groups is 4. The first kappa shape index (κ1) is 20.4. The van der Waals surface area contributed by atoms with Gasteiger partial charge < -0.3 is 10.1 Å². The minimum absolute atomic E-state index is 0.201. The monoisotopic (exact) mass is 465 g/mol. The Kier molecular flexibility index (Phi) is 4.25. The standard InChI is InChI=1S/C24H20ClN3O5/c1-12(29)33-15-7-5-14(6-8-15)28-21(30)19-18-3-2-10-27(18)24(20(19)22(28)31)16-11-13(25)4-9-17(16)26-23(24)32/h4-9,11,18-20H,2-3,10H2,1H3,(H,26,32)/t18-,19+,20-,24+/m0/s1. The highest BCUT2D eigenvalue weighted by molar-refractivity contribution is 6.31. The van der Waals surface area contributed by atoms with Crippen LogP contribution in [0.3, 0.4) is 0 Å². The van der Waals surface area contributed by atoms with Crippen LogP contribution in [-0.4, -0.2) is 41.2 Å². The molecule has 3 amide bonds. The van der Waals surface area contributed by atoms with Crippen molar-refractivity contribution in [1.82, 2.24) is 4.90 Å². The van der Waals surface area contributed by atoms with Gasteiger partial charge in [-0.2, -0.15) is 0 Å². The van der Waals surface area contributed by atoms with Gasteiger partial charge in [-0.25, -0.2) is 4.90 Å². The number of imide groups is 1. The Labute approximate surface area is 194 Å². The van der Waals surface area contributed by atoms with Crippen molar-refractivity contribution < 1.29 is 23.9 Å². The summed E-state index contributed by atoms with van der Waals surface area (Å²) in [4.78, 5) is 55.5. The van der Waals surface area contributed by atoms with Crippen molar-refractivity contribution in [2.45, 2.75) is 31.3 Å². The summed E-state index contributed by atoms with van der Waals surface area (Å²) in [5.74, 6) is -2.59. The van der Waals surface area contributed by atoms with Crippen LogP contribution in [0.1, 0.15) is 25.3 Å². The predicted molar refractivity (Wildman–Crippen MR) is 119 cm³/mol. The molecule has 9 heteroatoms. The van der Waals surface area contributed by atoms with E-state index in [9.17, 15) is 19.2 Å². The Balaban J connectivity index is 1.47. The smallest absolute Gasteiger partial charge is 0.308 e. The predicted octanol–water partition coefficient (Wildman–Crippen LogP) is 2.70. The number of fused-ring (bicyclic) bond motifs is 7. The van der Waals surface area contributed by atoms with Gasteiger partial charge in [-0.15, -0.1) is 0 Å². The highest BCUT2D eigenvalue weighted by atomic mass is 35.5. The largest absolute Gasteiger partial charge is 0.427 e. The van der Waals surface area contributed by atoms with Gasteiger partial charge in [-0.3, -0.25) is 24.1 Å². The Morgan fingerprint density at radius 3 is 2.61 bits per heavy atom. The van der Waals surface area contributed by atoms with E-state index in [1.54, 1.807) is 42.5 Å². The molecule has 0 radical (unpaired) electrons. The van der Waals surface area contributed by atoms with Gasteiger partial charge in [0.05, 0.1) is 17.5 Å². The Bertz CT molecular complexity index is 1250. The molecular weight excluding hydrogens is 446 g/mol. The average molecular weight is 466 g/mol. The normalized spacial score (nSPS) is 29.9. The van der Waals surface area contributed by atoms with E-state index >= 15 is 0 Å². The van der Waals surface area contributed by atoms with E-state index in [2.05, 4.69) is 10.2 Å². The zero-order chi connectivity index (χ0) is 23.1. The maximum Gasteiger partial charge on any atom is 0.308 e. The number of hydrogen-bond donors (Lipinski definition) is 1. The van der Waals surface area contributed by atoms with Crippen LogP contribution in [0.25, 0.3) is 0 Å². The molecule has 6 rings (SSSR count). The molecule has 3 fully saturated rings. The summed E-state index contributed by atoms with van der Waals surface area (Å²) in [6.07, 6.45) is 1.59. The molecule has 0 aromatic heterocycles. The molecule has 8 nitrogen and oxygen atoms in total. The van der Waals surface area contributed by atoms with E-state index < -0.39 is 29.3 Å². The van der Waals surface area contributed by atoms with Gasteiger partial charge in [0.25, 0.3) is 0 Å². The quantitative estimate of drug-likeness (QED) is 0.416. The molecule has 0 aliphatic carbocycles. The molecule has 1 N–H and O–H groups in total. The van der Waals surface area contributed by atoms with Crippen LogP contribution in [-0.2, 0) is 24.7 Å². The number of carbonyl (C=O) groups excluding carboxylic acids is 4. The van der Waals surface area contributed by atoms with Gasteiger partial charge in [0.15, 0.2) is 0 Å². The van der Waals surface area contributed by atoms with Crippen molar-refractivity contribution in [2.75, 3.05) is 16.8 Å². The first-order valence-corrected chi connectivity index (χ1v) is 11.3. The van der Waals surface area contributed by atoms with Crippen molar-refractivity contribution >= 4 is 46.7 Å². The van der Waals surface area contributed by atoms with Gasteiger partial charge in [-0.05, 0) is 61.9 Å². The van der Waals surface area contributed by atoms with E-state index in [1.807, 2.05) is 0 Å². The van der Waals surface area contributed by atoms with Crippen LogP contribution in [0.15, 0.2) is 42.5 Å². The molecule has 1 spiro atoms. The fourth-order valence-corrected chi connectivity index (χ4v) is 6.43. The van der Waals surface area contributed by atoms with Crippen molar-refractivity contribution in [1.29, 1.82) is 0 Å². The molecule has 33 heavy (non-hydrogen) atoms. The van der Waals surface area contributed by atoms with Crippen molar-refractivity contribution in [2.24, 2.45) is 11.8 Å². The fourth-order valence-electron chi connectivity index (χ4n) is 6.26. The number of halogens is 1. The number of rotatable bonds is 2. The van der Waals surface area contributed by atoms with Crippen LogP contribution >= 0.6 is 11.6 Å². The number of nitrogens with one attached hydrogen (secondary N) is 1. The van der Waals surface area contributed by atoms with Crippen LogP contribution in [0, 0.1) is 11.8 Å². The van der Waals surface area contributed by atoms with Crippen molar-refractivity contribution in [3.8, 4) is 5.75 Å². The van der Waals surface area contributed by atoms with E-state index in [0.29, 0.717) is 34.3 Å².